The van der Waals surface area contributed by atoms with Crippen molar-refractivity contribution in [3.05, 3.63) is 0 Å². The third kappa shape index (κ3) is 4.59. The quantitative estimate of drug-likeness (QED) is 0.771. The highest BCUT2D eigenvalue weighted by Crippen LogP contribution is 2.22. The molecular formula is C16H26N2O6. The molecule has 24 heavy (non-hydrogen) atoms. The van der Waals surface area contributed by atoms with E-state index in [0.717, 1.165) is 6.42 Å². The van der Waals surface area contributed by atoms with Gasteiger partial charge in [0.05, 0.1) is 6.42 Å². The lowest BCUT2D eigenvalue weighted by atomic mass is 10.1. The zero-order chi connectivity index (χ0) is 17.9. The highest BCUT2D eigenvalue weighted by Gasteiger charge is 2.41. The molecule has 136 valence electrons. The summed E-state index contributed by atoms with van der Waals surface area (Å²) in [5, 5.41) is 2.77. The number of likely N-dealkylation sites (tertiary alicyclic amines) is 1. The molecule has 2 aliphatic heterocycles. The summed E-state index contributed by atoms with van der Waals surface area (Å²) < 4.78 is 15.7. The van der Waals surface area contributed by atoms with Crippen molar-refractivity contribution in [3.63, 3.8) is 0 Å². The number of nitrogens with zero attached hydrogens (tertiary/aromatic N) is 1. The number of nitrogens with one attached hydrogen (secondary N) is 1. The van der Waals surface area contributed by atoms with Crippen LogP contribution in [0.3, 0.4) is 0 Å². The predicted molar refractivity (Wildman–Crippen MR) is 84.0 cm³/mol. The van der Waals surface area contributed by atoms with Gasteiger partial charge >= 0.3 is 12.1 Å². The Morgan fingerprint density at radius 2 is 2.08 bits per heavy atom. The van der Waals surface area contributed by atoms with Crippen molar-refractivity contribution in [1.82, 2.24) is 10.2 Å². The van der Waals surface area contributed by atoms with Crippen LogP contribution in [0.5, 0.6) is 0 Å². The van der Waals surface area contributed by atoms with Crippen molar-refractivity contribution in [3.8, 4) is 0 Å². The molecule has 0 radical (unpaired) electrons. The molecule has 2 heterocycles. The van der Waals surface area contributed by atoms with Crippen LogP contribution in [-0.4, -0.2) is 60.0 Å². The fourth-order valence-corrected chi connectivity index (χ4v) is 2.83. The number of rotatable bonds is 4. The van der Waals surface area contributed by atoms with Gasteiger partial charge in [0, 0.05) is 13.2 Å². The lowest BCUT2D eigenvalue weighted by molar-refractivity contribution is -0.164. The standard InChI is InChI=1S/C16H26N2O6/c1-5-22-14-10(9-12(19)23-14)17-13(20)11-7-6-8-18(11)15(21)24-16(2,3)4/h10-11,14H,5-9H2,1-4H3,(H,17,20)/t10-,11+,14-/m0/s1. The molecule has 0 aromatic carbocycles. The molecular weight excluding hydrogens is 316 g/mol. The number of hydrogen-bond donors (Lipinski definition) is 1. The summed E-state index contributed by atoms with van der Waals surface area (Å²) in [7, 11) is 0. The van der Waals surface area contributed by atoms with Crippen LogP contribution in [0, 0.1) is 0 Å². The second-order valence-corrected chi connectivity index (χ2v) is 6.96. The first kappa shape index (κ1) is 18.5. The Kier molecular flexibility index (Phi) is 5.69. The summed E-state index contributed by atoms with van der Waals surface area (Å²) in [6.45, 7) is 7.98. The zero-order valence-electron chi connectivity index (χ0n) is 14.7. The Bertz CT molecular complexity index is 501. The Morgan fingerprint density at radius 3 is 2.71 bits per heavy atom. The second-order valence-electron chi connectivity index (χ2n) is 6.96. The van der Waals surface area contributed by atoms with Gasteiger partial charge in [-0.25, -0.2) is 4.79 Å². The summed E-state index contributed by atoms with van der Waals surface area (Å²) in [5.74, 6) is -0.722. The number of amides is 2. The monoisotopic (exact) mass is 342 g/mol. The smallest absolute Gasteiger partial charge is 0.410 e. The summed E-state index contributed by atoms with van der Waals surface area (Å²) >= 11 is 0. The summed E-state index contributed by atoms with van der Waals surface area (Å²) in [6.07, 6.45) is 0.0800. The third-order valence-electron chi connectivity index (χ3n) is 3.80. The van der Waals surface area contributed by atoms with Gasteiger partial charge in [-0.05, 0) is 40.5 Å². The number of carbonyl (C=O) groups is 3. The molecule has 2 fully saturated rings. The predicted octanol–water partition coefficient (Wildman–Crippen LogP) is 1.18. The molecule has 0 aliphatic carbocycles. The highest BCUT2D eigenvalue weighted by atomic mass is 16.7. The fraction of sp³-hybridized carbons (Fsp3) is 0.812. The van der Waals surface area contributed by atoms with Crippen LogP contribution in [-0.2, 0) is 23.8 Å². The summed E-state index contributed by atoms with van der Waals surface area (Å²) in [4.78, 5) is 37.7. The van der Waals surface area contributed by atoms with Crippen LogP contribution in [0.25, 0.3) is 0 Å². The molecule has 8 nitrogen and oxygen atoms in total. The lowest BCUT2D eigenvalue weighted by Gasteiger charge is -2.29. The van der Waals surface area contributed by atoms with Gasteiger partial charge in [0.1, 0.15) is 17.7 Å². The van der Waals surface area contributed by atoms with Crippen LogP contribution in [0.15, 0.2) is 0 Å². The van der Waals surface area contributed by atoms with Gasteiger partial charge in [-0.2, -0.15) is 0 Å². The average molecular weight is 342 g/mol. The molecule has 0 spiro atoms. The Morgan fingerprint density at radius 1 is 1.38 bits per heavy atom. The minimum Gasteiger partial charge on any atom is -0.444 e. The minimum absolute atomic E-state index is 0.0650. The van der Waals surface area contributed by atoms with Crippen LogP contribution in [0.2, 0.25) is 0 Å². The van der Waals surface area contributed by atoms with Gasteiger partial charge in [0.2, 0.25) is 12.2 Å². The number of ether oxygens (including phenoxy) is 3. The highest BCUT2D eigenvalue weighted by molar-refractivity contribution is 5.87. The van der Waals surface area contributed by atoms with Gasteiger partial charge in [-0.15, -0.1) is 0 Å². The van der Waals surface area contributed by atoms with E-state index in [0.29, 0.717) is 19.6 Å². The van der Waals surface area contributed by atoms with Crippen molar-refractivity contribution < 1.29 is 28.6 Å². The van der Waals surface area contributed by atoms with Crippen LogP contribution in [0.4, 0.5) is 4.79 Å². The summed E-state index contributed by atoms with van der Waals surface area (Å²) in [6, 6.07) is -1.14. The van der Waals surface area contributed by atoms with Gasteiger partial charge in [0.25, 0.3) is 0 Å². The second kappa shape index (κ2) is 7.38. The molecule has 0 bridgehead atoms. The molecule has 2 saturated heterocycles. The number of carbonyl (C=O) groups excluding carboxylic acids is 3. The topological polar surface area (TPSA) is 94.2 Å². The van der Waals surface area contributed by atoms with E-state index in [1.54, 1.807) is 27.7 Å². The molecule has 0 aromatic heterocycles. The molecule has 0 unspecified atom stereocenters. The van der Waals surface area contributed by atoms with E-state index >= 15 is 0 Å². The Labute approximate surface area is 141 Å². The van der Waals surface area contributed by atoms with E-state index < -0.39 is 36.0 Å². The van der Waals surface area contributed by atoms with Crippen molar-refractivity contribution in [1.29, 1.82) is 0 Å². The van der Waals surface area contributed by atoms with Crippen LogP contribution < -0.4 is 5.32 Å². The number of esters is 1. The SMILES string of the molecule is CCO[C@H]1OC(=O)C[C@@H]1NC(=O)[C@H]1CCCN1C(=O)OC(C)(C)C. The lowest BCUT2D eigenvalue weighted by Crippen LogP contribution is -2.51. The van der Waals surface area contributed by atoms with Crippen LogP contribution >= 0.6 is 0 Å². The maximum Gasteiger partial charge on any atom is 0.410 e. The maximum atomic E-state index is 12.6. The largest absolute Gasteiger partial charge is 0.444 e. The van der Waals surface area contributed by atoms with E-state index in [2.05, 4.69) is 5.32 Å². The van der Waals surface area contributed by atoms with E-state index in [4.69, 9.17) is 14.2 Å². The first-order valence-corrected chi connectivity index (χ1v) is 8.32. The minimum atomic E-state index is -0.775. The third-order valence-corrected chi connectivity index (χ3v) is 3.80. The van der Waals surface area contributed by atoms with Crippen molar-refractivity contribution in [2.24, 2.45) is 0 Å². The molecule has 0 saturated carbocycles. The molecule has 2 amide bonds. The normalized spacial score (nSPS) is 27.1. The van der Waals surface area contributed by atoms with E-state index in [1.165, 1.54) is 4.90 Å². The van der Waals surface area contributed by atoms with E-state index in [9.17, 15) is 14.4 Å². The molecule has 2 aliphatic rings. The molecule has 1 N–H and O–H groups in total. The Balaban J connectivity index is 1.97. The van der Waals surface area contributed by atoms with Gasteiger partial charge in [-0.1, -0.05) is 0 Å². The zero-order valence-corrected chi connectivity index (χ0v) is 14.7. The number of cyclic esters (lactones) is 1. The molecule has 2 rings (SSSR count). The molecule has 0 aromatic rings. The Hall–Kier alpha value is -1.83. The van der Waals surface area contributed by atoms with Crippen molar-refractivity contribution >= 4 is 18.0 Å². The first-order valence-electron chi connectivity index (χ1n) is 8.32. The molecule has 3 atom stereocenters. The van der Waals surface area contributed by atoms with Crippen LogP contribution in [0.1, 0.15) is 47.0 Å². The average Bonchev–Trinajstić information content (AvgIpc) is 3.04. The van der Waals surface area contributed by atoms with Gasteiger partial charge < -0.3 is 19.5 Å². The van der Waals surface area contributed by atoms with E-state index in [-0.39, 0.29) is 12.3 Å². The summed E-state index contributed by atoms with van der Waals surface area (Å²) in [5.41, 5.74) is -0.619. The maximum absolute atomic E-state index is 12.6. The van der Waals surface area contributed by atoms with Gasteiger partial charge in [-0.3, -0.25) is 14.5 Å². The first-order chi connectivity index (χ1) is 11.2. The molecule has 8 heteroatoms. The van der Waals surface area contributed by atoms with Crippen molar-refractivity contribution in [2.45, 2.75) is 70.9 Å². The van der Waals surface area contributed by atoms with Crippen molar-refractivity contribution in [2.75, 3.05) is 13.2 Å². The number of hydrogen-bond acceptors (Lipinski definition) is 6. The van der Waals surface area contributed by atoms with Gasteiger partial charge in [0.15, 0.2) is 0 Å². The fourth-order valence-electron chi connectivity index (χ4n) is 2.83. The van der Waals surface area contributed by atoms with E-state index in [1.807, 2.05) is 0 Å².